The monoisotopic (exact) mass is 250 g/mol. The van der Waals surface area contributed by atoms with Crippen LogP contribution in [0.25, 0.3) is 0 Å². The van der Waals surface area contributed by atoms with Crippen molar-refractivity contribution < 1.29 is 19.7 Å². The van der Waals surface area contributed by atoms with Gasteiger partial charge < -0.3 is 14.9 Å². The summed E-state index contributed by atoms with van der Waals surface area (Å²) in [5, 5.41) is 18.7. The van der Waals surface area contributed by atoms with Crippen molar-refractivity contribution in [1.29, 1.82) is 0 Å². The van der Waals surface area contributed by atoms with E-state index in [0.717, 1.165) is 31.2 Å². The Morgan fingerprint density at radius 2 is 2.06 bits per heavy atom. The molecule has 1 aliphatic carbocycles. The number of aromatic carboxylic acids is 1. The standard InChI is InChI=1S/C14H18O4/c1-9-8-10(14(16)17)6-7-12(9)18-13-5-3-2-4-11(13)15/h6-8,11,13,15H,2-5H2,1H3,(H,16,17). The minimum Gasteiger partial charge on any atom is -0.487 e. The Labute approximate surface area is 106 Å². The molecule has 2 unspecified atom stereocenters. The molecule has 0 aromatic heterocycles. The number of aliphatic hydroxyl groups is 1. The molecule has 2 rings (SSSR count). The molecule has 0 heterocycles. The third-order valence-electron chi connectivity index (χ3n) is 3.37. The van der Waals surface area contributed by atoms with Crippen LogP contribution in [0.1, 0.15) is 41.6 Å². The highest BCUT2D eigenvalue weighted by Gasteiger charge is 2.25. The molecule has 0 saturated heterocycles. The van der Waals surface area contributed by atoms with Crippen molar-refractivity contribution in [3.8, 4) is 5.75 Å². The van der Waals surface area contributed by atoms with Gasteiger partial charge in [-0.05, 0) is 49.9 Å². The minimum atomic E-state index is -0.942. The largest absolute Gasteiger partial charge is 0.487 e. The lowest BCUT2D eigenvalue weighted by Gasteiger charge is -2.28. The molecule has 1 aliphatic rings. The molecular weight excluding hydrogens is 232 g/mol. The fourth-order valence-corrected chi connectivity index (χ4v) is 2.29. The lowest BCUT2D eigenvalue weighted by molar-refractivity contribution is 0.00652. The van der Waals surface area contributed by atoms with Gasteiger partial charge in [0.2, 0.25) is 0 Å². The first-order valence-corrected chi connectivity index (χ1v) is 6.26. The fraction of sp³-hybridized carbons (Fsp3) is 0.500. The molecular formula is C14H18O4. The van der Waals surface area contributed by atoms with Crippen LogP contribution in [-0.2, 0) is 0 Å². The van der Waals surface area contributed by atoms with Crippen molar-refractivity contribution >= 4 is 5.97 Å². The van der Waals surface area contributed by atoms with Crippen LogP contribution in [0, 0.1) is 6.92 Å². The lowest BCUT2D eigenvalue weighted by Crippen LogP contribution is -2.34. The van der Waals surface area contributed by atoms with Crippen molar-refractivity contribution in [2.75, 3.05) is 0 Å². The fourth-order valence-electron chi connectivity index (χ4n) is 2.29. The van der Waals surface area contributed by atoms with Gasteiger partial charge in [-0.3, -0.25) is 0 Å². The van der Waals surface area contributed by atoms with Gasteiger partial charge in [-0.1, -0.05) is 6.42 Å². The molecule has 0 amide bonds. The Kier molecular flexibility index (Phi) is 3.87. The molecule has 2 atom stereocenters. The predicted octanol–water partition coefficient (Wildman–Crippen LogP) is 2.38. The topological polar surface area (TPSA) is 66.8 Å². The Bertz CT molecular complexity index is 441. The van der Waals surface area contributed by atoms with Crippen LogP contribution in [0.5, 0.6) is 5.75 Å². The summed E-state index contributed by atoms with van der Waals surface area (Å²) in [5.41, 5.74) is 1.04. The van der Waals surface area contributed by atoms with Crippen LogP contribution in [0.3, 0.4) is 0 Å². The predicted molar refractivity (Wildman–Crippen MR) is 67.0 cm³/mol. The summed E-state index contributed by atoms with van der Waals surface area (Å²) in [7, 11) is 0. The van der Waals surface area contributed by atoms with Crippen molar-refractivity contribution in [1.82, 2.24) is 0 Å². The molecule has 98 valence electrons. The average Bonchev–Trinajstić information content (AvgIpc) is 2.34. The SMILES string of the molecule is Cc1cc(C(=O)O)ccc1OC1CCCCC1O. The first kappa shape index (κ1) is 12.9. The Morgan fingerprint density at radius 1 is 1.33 bits per heavy atom. The maximum Gasteiger partial charge on any atom is 0.335 e. The molecule has 0 bridgehead atoms. The third kappa shape index (κ3) is 2.82. The zero-order chi connectivity index (χ0) is 13.1. The molecule has 0 spiro atoms. The van der Waals surface area contributed by atoms with Gasteiger partial charge in [0.05, 0.1) is 11.7 Å². The number of hydrogen-bond acceptors (Lipinski definition) is 3. The average molecular weight is 250 g/mol. The lowest BCUT2D eigenvalue weighted by atomic mass is 9.95. The number of hydrogen-bond donors (Lipinski definition) is 2. The van der Waals surface area contributed by atoms with Crippen LogP contribution in [0.2, 0.25) is 0 Å². The zero-order valence-corrected chi connectivity index (χ0v) is 10.4. The van der Waals surface area contributed by atoms with Crippen LogP contribution in [0.15, 0.2) is 18.2 Å². The Balaban J connectivity index is 2.11. The summed E-state index contributed by atoms with van der Waals surface area (Å²) < 4.78 is 5.79. The second-order valence-corrected chi connectivity index (χ2v) is 4.79. The number of benzene rings is 1. The van der Waals surface area contributed by atoms with Gasteiger partial charge >= 0.3 is 5.97 Å². The molecule has 4 heteroatoms. The van der Waals surface area contributed by atoms with E-state index in [1.165, 1.54) is 6.07 Å². The van der Waals surface area contributed by atoms with Gasteiger partial charge in [0.15, 0.2) is 0 Å². The summed E-state index contributed by atoms with van der Waals surface area (Å²) in [6.07, 6.45) is 3.13. The van der Waals surface area contributed by atoms with Gasteiger partial charge in [0.1, 0.15) is 11.9 Å². The number of rotatable bonds is 3. The van der Waals surface area contributed by atoms with Crippen molar-refractivity contribution in [2.24, 2.45) is 0 Å². The van der Waals surface area contributed by atoms with Crippen molar-refractivity contribution in [2.45, 2.75) is 44.8 Å². The van der Waals surface area contributed by atoms with E-state index in [1.807, 2.05) is 6.92 Å². The highest BCUT2D eigenvalue weighted by Crippen LogP contribution is 2.26. The molecule has 0 aliphatic heterocycles. The summed E-state index contributed by atoms with van der Waals surface area (Å²) in [6, 6.07) is 4.78. The quantitative estimate of drug-likeness (QED) is 0.864. The molecule has 2 N–H and O–H groups in total. The van der Waals surface area contributed by atoms with Crippen molar-refractivity contribution in [3.05, 3.63) is 29.3 Å². The van der Waals surface area contributed by atoms with Gasteiger partial charge in [0.25, 0.3) is 0 Å². The Morgan fingerprint density at radius 3 is 2.67 bits per heavy atom. The van der Waals surface area contributed by atoms with Crippen LogP contribution < -0.4 is 4.74 Å². The van der Waals surface area contributed by atoms with E-state index in [9.17, 15) is 9.90 Å². The molecule has 1 aromatic carbocycles. The normalized spacial score (nSPS) is 23.7. The molecule has 4 nitrogen and oxygen atoms in total. The van der Waals surface area contributed by atoms with E-state index in [2.05, 4.69) is 0 Å². The van der Waals surface area contributed by atoms with E-state index < -0.39 is 12.1 Å². The van der Waals surface area contributed by atoms with Crippen LogP contribution in [0.4, 0.5) is 0 Å². The minimum absolute atomic E-state index is 0.173. The number of carboxylic acids is 1. The van der Waals surface area contributed by atoms with Crippen LogP contribution >= 0.6 is 0 Å². The highest BCUT2D eigenvalue weighted by molar-refractivity contribution is 5.88. The second-order valence-electron chi connectivity index (χ2n) is 4.79. The second kappa shape index (κ2) is 5.40. The van der Waals surface area contributed by atoms with Gasteiger partial charge in [-0.2, -0.15) is 0 Å². The summed E-state index contributed by atoms with van der Waals surface area (Å²) in [6.45, 7) is 1.82. The van der Waals surface area contributed by atoms with Crippen molar-refractivity contribution in [3.63, 3.8) is 0 Å². The number of carbonyl (C=O) groups is 1. The van der Waals surface area contributed by atoms with E-state index >= 15 is 0 Å². The number of aliphatic hydroxyl groups excluding tert-OH is 1. The first-order valence-electron chi connectivity index (χ1n) is 6.26. The number of ether oxygens (including phenoxy) is 1. The summed E-state index contributed by atoms with van der Waals surface area (Å²) in [5.74, 6) is -0.284. The van der Waals surface area contributed by atoms with E-state index in [4.69, 9.17) is 9.84 Å². The molecule has 0 radical (unpaired) electrons. The maximum atomic E-state index is 10.8. The van der Waals surface area contributed by atoms with E-state index in [-0.39, 0.29) is 11.7 Å². The summed E-state index contributed by atoms with van der Waals surface area (Å²) >= 11 is 0. The molecule has 1 fully saturated rings. The van der Waals surface area contributed by atoms with Gasteiger partial charge in [-0.25, -0.2) is 4.79 Å². The molecule has 18 heavy (non-hydrogen) atoms. The third-order valence-corrected chi connectivity index (χ3v) is 3.37. The van der Waals surface area contributed by atoms with Gasteiger partial charge in [-0.15, -0.1) is 0 Å². The summed E-state index contributed by atoms with van der Waals surface area (Å²) in [4.78, 5) is 10.8. The maximum absolute atomic E-state index is 10.8. The van der Waals surface area contributed by atoms with Gasteiger partial charge in [0, 0.05) is 0 Å². The zero-order valence-electron chi connectivity index (χ0n) is 10.4. The number of carboxylic acid groups (broad SMARTS) is 1. The Hall–Kier alpha value is -1.55. The smallest absolute Gasteiger partial charge is 0.335 e. The molecule has 1 saturated carbocycles. The molecule has 1 aromatic rings. The number of aryl methyl sites for hydroxylation is 1. The van der Waals surface area contributed by atoms with E-state index in [1.54, 1.807) is 12.1 Å². The highest BCUT2D eigenvalue weighted by atomic mass is 16.5. The first-order chi connectivity index (χ1) is 8.58. The van der Waals surface area contributed by atoms with E-state index in [0.29, 0.717) is 5.75 Å². The van der Waals surface area contributed by atoms with Crippen LogP contribution in [-0.4, -0.2) is 28.4 Å².